The van der Waals surface area contributed by atoms with Crippen molar-refractivity contribution >= 4 is 30.7 Å². The molecule has 132 valence electrons. The zero-order chi connectivity index (χ0) is 19.4. The molecule has 2 aromatic rings. The SMILES string of the molecule is C=O.Cc1ccc2c(c1)C(=O)OC2=O.Cc1ccc2c(c1)C(=O)OC2=O. The molecule has 0 bridgehead atoms. The summed E-state index contributed by atoms with van der Waals surface area (Å²) in [5.41, 5.74) is 3.37. The number of esters is 4. The minimum Gasteiger partial charge on any atom is -0.386 e. The summed E-state index contributed by atoms with van der Waals surface area (Å²) in [5, 5.41) is 0. The van der Waals surface area contributed by atoms with Gasteiger partial charge in [0.25, 0.3) is 0 Å². The van der Waals surface area contributed by atoms with Crippen molar-refractivity contribution in [3.05, 3.63) is 69.8 Å². The first kappa shape index (κ1) is 18.7. The first-order valence-corrected chi connectivity index (χ1v) is 7.40. The topological polar surface area (TPSA) is 104 Å². The van der Waals surface area contributed by atoms with Gasteiger partial charge in [-0.05, 0) is 38.1 Å². The summed E-state index contributed by atoms with van der Waals surface area (Å²) < 4.78 is 8.82. The molecule has 0 fully saturated rings. The number of carbonyl (C=O) groups is 5. The van der Waals surface area contributed by atoms with E-state index in [4.69, 9.17) is 4.79 Å². The Morgan fingerprint density at radius 2 is 0.885 bits per heavy atom. The van der Waals surface area contributed by atoms with Gasteiger partial charge in [-0.2, -0.15) is 0 Å². The van der Waals surface area contributed by atoms with E-state index in [0.29, 0.717) is 22.3 Å². The van der Waals surface area contributed by atoms with Gasteiger partial charge in [0.15, 0.2) is 0 Å². The first-order chi connectivity index (χ1) is 12.4. The Bertz CT molecular complexity index is 852. The Hall–Kier alpha value is -3.61. The van der Waals surface area contributed by atoms with Crippen LogP contribution >= 0.6 is 0 Å². The van der Waals surface area contributed by atoms with Crippen molar-refractivity contribution in [2.75, 3.05) is 0 Å². The lowest BCUT2D eigenvalue weighted by Crippen LogP contribution is -1.96. The summed E-state index contributed by atoms with van der Waals surface area (Å²) in [5.74, 6) is -2.18. The van der Waals surface area contributed by atoms with Crippen molar-refractivity contribution in [2.45, 2.75) is 13.8 Å². The van der Waals surface area contributed by atoms with Crippen LogP contribution in [0, 0.1) is 13.8 Å². The average molecular weight is 354 g/mol. The summed E-state index contributed by atoms with van der Waals surface area (Å²) in [6.45, 7) is 5.71. The van der Waals surface area contributed by atoms with Crippen LogP contribution in [-0.4, -0.2) is 30.7 Å². The highest BCUT2D eigenvalue weighted by Crippen LogP contribution is 2.21. The summed E-state index contributed by atoms with van der Waals surface area (Å²) in [4.78, 5) is 51.9. The van der Waals surface area contributed by atoms with Crippen molar-refractivity contribution in [3.8, 4) is 0 Å². The molecule has 0 radical (unpaired) electrons. The number of rotatable bonds is 0. The highest BCUT2D eigenvalue weighted by Gasteiger charge is 2.29. The van der Waals surface area contributed by atoms with E-state index in [1.807, 2.05) is 20.6 Å². The Balaban J connectivity index is 0.000000171. The van der Waals surface area contributed by atoms with Crippen LogP contribution in [0.4, 0.5) is 0 Å². The van der Waals surface area contributed by atoms with Crippen molar-refractivity contribution < 1.29 is 33.4 Å². The van der Waals surface area contributed by atoms with E-state index < -0.39 is 23.9 Å². The van der Waals surface area contributed by atoms with Gasteiger partial charge in [-0.3, -0.25) is 0 Å². The number of hydrogen-bond acceptors (Lipinski definition) is 7. The largest absolute Gasteiger partial charge is 0.386 e. The summed E-state index contributed by atoms with van der Waals surface area (Å²) in [6.07, 6.45) is 0. The molecule has 26 heavy (non-hydrogen) atoms. The second kappa shape index (κ2) is 7.52. The van der Waals surface area contributed by atoms with Gasteiger partial charge in [0.2, 0.25) is 0 Å². The number of carbonyl (C=O) groups excluding carboxylic acids is 5. The fraction of sp³-hybridized carbons (Fsp3) is 0.105. The second-order valence-corrected chi connectivity index (χ2v) is 5.45. The molecule has 2 heterocycles. The fourth-order valence-corrected chi connectivity index (χ4v) is 2.40. The number of benzene rings is 2. The predicted octanol–water partition coefficient (Wildman–Crippen LogP) is 2.43. The number of cyclic esters (lactones) is 4. The third-order valence-electron chi connectivity index (χ3n) is 3.60. The first-order valence-electron chi connectivity index (χ1n) is 7.40. The Morgan fingerprint density at radius 3 is 1.23 bits per heavy atom. The minimum absolute atomic E-state index is 0.366. The Morgan fingerprint density at radius 1 is 0.577 bits per heavy atom. The van der Waals surface area contributed by atoms with E-state index in [9.17, 15) is 19.2 Å². The molecule has 0 atom stereocenters. The van der Waals surface area contributed by atoms with E-state index in [0.717, 1.165) is 11.1 Å². The van der Waals surface area contributed by atoms with Crippen molar-refractivity contribution in [3.63, 3.8) is 0 Å². The third-order valence-corrected chi connectivity index (χ3v) is 3.60. The van der Waals surface area contributed by atoms with Gasteiger partial charge in [0, 0.05) is 0 Å². The lowest BCUT2D eigenvalue weighted by atomic mass is 10.1. The fourth-order valence-electron chi connectivity index (χ4n) is 2.40. The molecule has 0 unspecified atom stereocenters. The van der Waals surface area contributed by atoms with Gasteiger partial charge >= 0.3 is 23.9 Å². The molecule has 0 saturated carbocycles. The lowest BCUT2D eigenvalue weighted by Gasteiger charge is -1.92. The minimum atomic E-state index is -0.546. The molecule has 0 amide bonds. The van der Waals surface area contributed by atoms with Crippen LogP contribution in [0.1, 0.15) is 52.6 Å². The number of aryl methyl sites for hydroxylation is 2. The smallest absolute Gasteiger partial charge is 0.346 e. The van der Waals surface area contributed by atoms with Crippen LogP contribution in [0.15, 0.2) is 36.4 Å². The van der Waals surface area contributed by atoms with E-state index in [-0.39, 0.29) is 0 Å². The predicted molar refractivity (Wildman–Crippen MR) is 89.0 cm³/mol. The number of hydrogen-bond donors (Lipinski definition) is 0. The van der Waals surface area contributed by atoms with E-state index in [1.54, 1.807) is 36.4 Å². The average Bonchev–Trinajstić information content (AvgIpc) is 3.06. The zero-order valence-corrected chi connectivity index (χ0v) is 14.0. The van der Waals surface area contributed by atoms with E-state index in [2.05, 4.69) is 9.47 Å². The van der Waals surface area contributed by atoms with Crippen LogP contribution in [-0.2, 0) is 14.3 Å². The molecule has 0 aromatic heterocycles. The van der Waals surface area contributed by atoms with Crippen molar-refractivity contribution in [1.82, 2.24) is 0 Å². The van der Waals surface area contributed by atoms with E-state index >= 15 is 0 Å². The molecule has 0 spiro atoms. The number of ether oxygens (including phenoxy) is 2. The van der Waals surface area contributed by atoms with Crippen LogP contribution < -0.4 is 0 Å². The van der Waals surface area contributed by atoms with Crippen molar-refractivity contribution in [2.24, 2.45) is 0 Å². The maximum absolute atomic E-state index is 11.0. The van der Waals surface area contributed by atoms with Gasteiger partial charge in [0.1, 0.15) is 6.79 Å². The molecule has 2 aliphatic rings. The normalized spacial score (nSPS) is 13.5. The molecule has 7 heteroatoms. The highest BCUT2D eigenvalue weighted by atomic mass is 16.6. The number of fused-ring (bicyclic) bond motifs is 2. The standard InChI is InChI=1S/2C9H6O3.CH2O/c2*1-5-2-3-6-7(4-5)9(11)12-8(6)10;1-2/h2*2-4H,1H3;1H2. The van der Waals surface area contributed by atoms with Gasteiger partial charge in [-0.15, -0.1) is 0 Å². The third kappa shape index (κ3) is 3.56. The Labute approximate surface area is 148 Å². The van der Waals surface area contributed by atoms with E-state index in [1.165, 1.54) is 0 Å². The zero-order valence-electron chi connectivity index (χ0n) is 14.0. The monoisotopic (exact) mass is 354 g/mol. The second-order valence-electron chi connectivity index (χ2n) is 5.45. The molecule has 2 aliphatic heterocycles. The molecular weight excluding hydrogens is 340 g/mol. The highest BCUT2D eigenvalue weighted by molar-refractivity contribution is 6.15. The molecular formula is C19H14O7. The summed E-state index contributed by atoms with van der Waals surface area (Å²) >= 11 is 0. The van der Waals surface area contributed by atoms with Gasteiger partial charge < -0.3 is 14.3 Å². The van der Waals surface area contributed by atoms with Crippen LogP contribution in [0.3, 0.4) is 0 Å². The lowest BCUT2D eigenvalue weighted by molar-refractivity contribution is -0.0980. The molecule has 7 nitrogen and oxygen atoms in total. The molecule has 0 aliphatic carbocycles. The summed E-state index contributed by atoms with van der Waals surface area (Å²) in [7, 11) is 0. The van der Waals surface area contributed by atoms with Gasteiger partial charge in [-0.25, -0.2) is 19.2 Å². The molecule has 2 aromatic carbocycles. The van der Waals surface area contributed by atoms with Gasteiger partial charge in [-0.1, -0.05) is 23.3 Å². The van der Waals surface area contributed by atoms with Crippen LogP contribution in [0.2, 0.25) is 0 Å². The molecule has 0 saturated heterocycles. The van der Waals surface area contributed by atoms with Gasteiger partial charge in [0.05, 0.1) is 22.3 Å². The maximum Gasteiger partial charge on any atom is 0.346 e. The Kier molecular flexibility index (Phi) is 5.42. The summed E-state index contributed by atoms with van der Waals surface area (Å²) in [6, 6.07) is 10.1. The quantitative estimate of drug-likeness (QED) is 0.528. The van der Waals surface area contributed by atoms with Crippen LogP contribution in [0.5, 0.6) is 0 Å². The molecule has 0 N–H and O–H groups in total. The van der Waals surface area contributed by atoms with Crippen molar-refractivity contribution in [1.29, 1.82) is 0 Å². The van der Waals surface area contributed by atoms with Crippen LogP contribution in [0.25, 0.3) is 0 Å². The maximum atomic E-state index is 11.0. The molecule has 4 rings (SSSR count).